The molecule has 19 heavy (non-hydrogen) atoms. The van der Waals surface area contributed by atoms with E-state index >= 15 is 0 Å². The van der Waals surface area contributed by atoms with Crippen LogP contribution in [0.5, 0.6) is 5.75 Å². The van der Waals surface area contributed by atoms with Crippen molar-refractivity contribution in [1.82, 2.24) is 0 Å². The first-order valence-corrected chi connectivity index (χ1v) is 6.15. The van der Waals surface area contributed by atoms with Gasteiger partial charge in [-0.3, -0.25) is 0 Å². The van der Waals surface area contributed by atoms with E-state index in [9.17, 15) is 0 Å². The predicted molar refractivity (Wildman–Crippen MR) is 76.9 cm³/mol. The molecular formula is C15H18N2O2. The average molecular weight is 258 g/mol. The third-order valence-electron chi connectivity index (χ3n) is 2.67. The standard InChI is InChI=1S/C15H18N2O2/c16-14-7-6-13(10-15(14)17)19-9-8-18-11-12-4-2-1-3-5-12/h1-7,10H,8-9,11,16-17H2. The van der Waals surface area contributed by atoms with Gasteiger partial charge in [0.25, 0.3) is 0 Å². The molecule has 4 heteroatoms. The van der Waals surface area contributed by atoms with Crippen molar-refractivity contribution in [3.05, 3.63) is 54.1 Å². The van der Waals surface area contributed by atoms with Crippen molar-refractivity contribution in [2.45, 2.75) is 6.61 Å². The summed E-state index contributed by atoms with van der Waals surface area (Å²) in [4.78, 5) is 0. The Labute approximate surface area is 112 Å². The largest absolute Gasteiger partial charge is 0.491 e. The van der Waals surface area contributed by atoms with Crippen molar-refractivity contribution >= 4 is 11.4 Å². The second kappa shape index (κ2) is 6.66. The summed E-state index contributed by atoms with van der Waals surface area (Å²) in [6.07, 6.45) is 0. The van der Waals surface area contributed by atoms with Crippen LogP contribution < -0.4 is 16.2 Å². The fraction of sp³-hybridized carbons (Fsp3) is 0.200. The third kappa shape index (κ3) is 4.19. The number of nitrogens with two attached hydrogens (primary N) is 2. The molecule has 2 aromatic carbocycles. The monoisotopic (exact) mass is 258 g/mol. The smallest absolute Gasteiger partial charge is 0.121 e. The van der Waals surface area contributed by atoms with E-state index in [1.54, 1.807) is 18.2 Å². The Bertz CT molecular complexity index is 515. The van der Waals surface area contributed by atoms with E-state index in [2.05, 4.69) is 0 Å². The van der Waals surface area contributed by atoms with Gasteiger partial charge in [-0.15, -0.1) is 0 Å². The highest BCUT2D eigenvalue weighted by atomic mass is 16.5. The molecule has 0 saturated carbocycles. The fourth-order valence-electron chi connectivity index (χ4n) is 1.63. The zero-order chi connectivity index (χ0) is 13.5. The van der Waals surface area contributed by atoms with E-state index in [0.29, 0.717) is 36.9 Å². The van der Waals surface area contributed by atoms with E-state index < -0.39 is 0 Å². The molecule has 0 fully saturated rings. The van der Waals surface area contributed by atoms with Crippen molar-refractivity contribution in [2.24, 2.45) is 0 Å². The molecule has 100 valence electrons. The molecule has 0 aliphatic carbocycles. The summed E-state index contributed by atoms with van der Waals surface area (Å²) in [7, 11) is 0. The molecule has 0 saturated heterocycles. The van der Waals surface area contributed by atoms with Crippen LogP contribution in [0.3, 0.4) is 0 Å². The van der Waals surface area contributed by atoms with Crippen LogP contribution in [0.1, 0.15) is 5.56 Å². The first-order chi connectivity index (χ1) is 9.25. The number of ether oxygens (including phenoxy) is 2. The molecule has 0 radical (unpaired) electrons. The van der Waals surface area contributed by atoms with E-state index in [4.69, 9.17) is 20.9 Å². The lowest BCUT2D eigenvalue weighted by Crippen LogP contribution is -2.07. The highest BCUT2D eigenvalue weighted by molar-refractivity contribution is 5.65. The minimum Gasteiger partial charge on any atom is -0.491 e. The maximum atomic E-state index is 5.69. The van der Waals surface area contributed by atoms with Gasteiger partial charge in [0, 0.05) is 6.07 Å². The Morgan fingerprint density at radius 1 is 0.842 bits per heavy atom. The number of hydrogen-bond acceptors (Lipinski definition) is 4. The summed E-state index contributed by atoms with van der Waals surface area (Å²) >= 11 is 0. The minimum absolute atomic E-state index is 0.482. The van der Waals surface area contributed by atoms with Gasteiger partial charge in [0.15, 0.2) is 0 Å². The van der Waals surface area contributed by atoms with E-state index in [0.717, 1.165) is 5.56 Å². The molecule has 4 N–H and O–H groups in total. The van der Waals surface area contributed by atoms with Gasteiger partial charge in [0.05, 0.1) is 24.6 Å². The molecule has 0 heterocycles. The lowest BCUT2D eigenvalue weighted by molar-refractivity contribution is 0.0889. The number of rotatable bonds is 6. The van der Waals surface area contributed by atoms with Gasteiger partial charge in [0.2, 0.25) is 0 Å². The van der Waals surface area contributed by atoms with Crippen LogP contribution >= 0.6 is 0 Å². The molecule has 4 nitrogen and oxygen atoms in total. The molecule has 0 bridgehead atoms. The zero-order valence-electron chi connectivity index (χ0n) is 10.7. The Morgan fingerprint density at radius 2 is 1.63 bits per heavy atom. The highest BCUT2D eigenvalue weighted by Crippen LogP contribution is 2.21. The maximum Gasteiger partial charge on any atom is 0.121 e. The summed E-state index contributed by atoms with van der Waals surface area (Å²) in [5, 5.41) is 0. The molecule has 0 aliphatic rings. The Kier molecular flexibility index (Phi) is 4.64. The van der Waals surface area contributed by atoms with Gasteiger partial charge in [-0.2, -0.15) is 0 Å². The van der Waals surface area contributed by atoms with Gasteiger partial charge in [-0.25, -0.2) is 0 Å². The normalized spacial score (nSPS) is 10.3. The van der Waals surface area contributed by atoms with Crippen LogP contribution in [-0.2, 0) is 11.3 Å². The first-order valence-electron chi connectivity index (χ1n) is 6.15. The van der Waals surface area contributed by atoms with E-state index in [-0.39, 0.29) is 0 Å². The van der Waals surface area contributed by atoms with Crippen LogP contribution in [0.4, 0.5) is 11.4 Å². The third-order valence-corrected chi connectivity index (χ3v) is 2.67. The Balaban J connectivity index is 1.68. The second-order valence-electron chi connectivity index (χ2n) is 4.18. The van der Waals surface area contributed by atoms with Gasteiger partial charge >= 0.3 is 0 Å². The van der Waals surface area contributed by atoms with Crippen LogP contribution in [0.15, 0.2) is 48.5 Å². The van der Waals surface area contributed by atoms with Crippen LogP contribution in [0.2, 0.25) is 0 Å². The minimum atomic E-state index is 0.482. The van der Waals surface area contributed by atoms with Crippen molar-refractivity contribution < 1.29 is 9.47 Å². The molecule has 0 amide bonds. The van der Waals surface area contributed by atoms with E-state index in [1.165, 1.54) is 0 Å². The van der Waals surface area contributed by atoms with Crippen molar-refractivity contribution in [1.29, 1.82) is 0 Å². The molecule has 0 spiro atoms. The van der Waals surface area contributed by atoms with E-state index in [1.807, 2.05) is 30.3 Å². The Hall–Kier alpha value is -2.20. The summed E-state index contributed by atoms with van der Waals surface area (Å²) in [5.41, 5.74) is 13.6. The first kappa shape index (κ1) is 13.2. The SMILES string of the molecule is Nc1ccc(OCCOCc2ccccc2)cc1N. The lowest BCUT2D eigenvalue weighted by atomic mass is 10.2. The molecular weight excluding hydrogens is 240 g/mol. The molecule has 0 aromatic heterocycles. The van der Waals surface area contributed by atoms with Crippen molar-refractivity contribution in [2.75, 3.05) is 24.7 Å². The average Bonchev–Trinajstić information content (AvgIpc) is 2.43. The summed E-state index contributed by atoms with van der Waals surface area (Å²) in [5.74, 6) is 0.704. The number of benzene rings is 2. The van der Waals surface area contributed by atoms with Gasteiger partial charge in [-0.1, -0.05) is 30.3 Å². The summed E-state index contributed by atoms with van der Waals surface area (Å²) in [6.45, 7) is 1.60. The lowest BCUT2D eigenvalue weighted by Gasteiger charge is -2.08. The fourth-order valence-corrected chi connectivity index (χ4v) is 1.63. The molecule has 0 unspecified atom stereocenters. The van der Waals surface area contributed by atoms with Crippen LogP contribution in [-0.4, -0.2) is 13.2 Å². The molecule has 0 atom stereocenters. The second-order valence-corrected chi connectivity index (χ2v) is 4.18. The van der Waals surface area contributed by atoms with Crippen LogP contribution in [0.25, 0.3) is 0 Å². The van der Waals surface area contributed by atoms with Gasteiger partial charge in [0.1, 0.15) is 12.4 Å². The quantitative estimate of drug-likeness (QED) is 0.616. The topological polar surface area (TPSA) is 70.5 Å². The Morgan fingerprint density at radius 3 is 2.37 bits per heavy atom. The summed E-state index contributed by atoms with van der Waals surface area (Å²) < 4.78 is 11.0. The highest BCUT2D eigenvalue weighted by Gasteiger charge is 1.98. The number of anilines is 2. The molecule has 2 rings (SSSR count). The van der Waals surface area contributed by atoms with Crippen molar-refractivity contribution in [3.63, 3.8) is 0 Å². The zero-order valence-corrected chi connectivity index (χ0v) is 10.7. The van der Waals surface area contributed by atoms with Gasteiger partial charge < -0.3 is 20.9 Å². The van der Waals surface area contributed by atoms with Crippen LogP contribution in [0, 0.1) is 0 Å². The maximum absolute atomic E-state index is 5.69. The molecule has 0 aliphatic heterocycles. The predicted octanol–water partition coefficient (Wildman–Crippen LogP) is 2.45. The number of nitrogen functional groups attached to an aromatic ring is 2. The molecule has 2 aromatic rings. The summed E-state index contributed by atoms with van der Waals surface area (Å²) in [6, 6.07) is 15.3. The number of hydrogen-bond donors (Lipinski definition) is 2. The van der Waals surface area contributed by atoms with Gasteiger partial charge in [-0.05, 0) is 17.7 Å². The van der Waals surface area contributed by atoms with Crippen molar-refractivity contribution in [3.8, 4) is 5.75 Å².